The fourth-order valence-electron chi connectivity index (χ4n) is 2.66. The molecule has 1 saturated heterocycles. The van der Waals surface area contributed by atoms with Gasteiger partial charge in [0.25, 0.3) is 0 Å². The number of amides is 1. The molecule has 1 aromatic rings. The van der Waals surface area contributed by atoms with Crippen molar-refractivity contribution in [2.45, 2.75) is 19.3 Å². The third-order valence-corrected chi connectivity index (χ3v) is 4.38. The van der Waals surface area contributed by atoms with Crippen LogP contribution in [0, 0.1) is 5.41 Å². The SMILES string of the molecule is CN(C)CCc1ccc(NC(=O)C2(CN)CCOCC2)cc1. The molecule has 1 heterocycles. The molecule has 0 unspecified atom stereocenters. The highest BCUT2D eigenvalue weighted by Gasteiger charge is 2.38. The molecule has 0 spiro atoms. The van der Waals surface area contributed by atoms with Gasteiger partial charge >= 0.3 is 0 Å². The molecule has 0 aromatic heterocycles. The molecule has 2 rings (SSSR count). The zero-order valence-electron chi connectivity index (χ0n) is 13.6. The molecular formula is C17H27N3O2. The van der Waals surface area contributed by atoms with Gasteiger partial charge in [0, 0.05) is 32.0 Å². The first kappa shape index (κ1) is 16.9. The lowest BCUT2D eigenvalue weighted by Gasteiger charge is -2.34. The van der Waals surface area contributed by atoms with E-state index in [1.165, 1.54) is 5.56 Å². The zero-order valence-corrected chi connectivity index (χ0v) is 13.6. The molecule has 1 fully saturated rings. The van der Waals surface area contributed by atoms with E-state index < -0.39 is 5.41 Å². The van der Waals surface area contributed by atoms with Crippen LogP contribution in [-0.2, 0) is 16.0 Å². The highest BCUT2D eigenvalue weighted by Crippen LogP contribution is 2.30. The number of carbonyl (C=O) groups excluding carboxylic acids is 1. The first-order chi connectivity index (χ1) is 10.6. The standard InChI is InChI=1S/C17H27N3O2/c1-20(2)10-7-14-3-5-15(6-4-14)19-16(21)17(13-18)8-11-22-12-9-17/h3-6H,7-13,18H2,1-2H3,(H,19,21). The molecular weight excluding hydrogens is 278 g/mol. The quantitative estimate of drug-likeness (QED) is 0.835. The van der Waals surface area contributed by atoms with E-state index in [9.17, 15) is 4.79 Å². The maximum Gasteiger partial charge on any atom is 0.232 e. The van der Waals surface area contributed by atoms with Gasteiger partial charge in [-0.15, -0.1) is 0 Å². The normalized spacial score (nSPS) is 17.5. The molecule has 0 atom stereocenters. The summed E-state index contributed by atoms with van der Waals surface area (Å²) in [7, 11) is 4.13. The molecule has 0 saturated carbocycles. The van der Waals surface area contributed by atoms with Gasteiger partial charge in [0.15, 0.2) is 0 Å². The summed E-state index contributed by atoms with van der Waals surface area (Å²) in [4.78, 5) is 14.7. The Kier molecular flexibility index (Phi) is 5.94. The minimum atomic E-state index is -0.484. The molecule has 5 heteroatoms. The van der Waals surface area contributed by atoms with Crippen molar-refractivity contribution in [3.05, 3.63) is 29.8 Å². The lowest BCUT2D eigenvalue weighted by atomic mass is 9.79. The van der Waals surface area contributed by atoms with E-state index in [4.69, 9.17) is 10.5 Å². The predicted octanol–water partition coefficient (Wildman–Crippen LogP) is 1.48. The van der Waals surface area contributed by atoms with Gasteiger partial charge in [0.1, 0.15) is 0 Å². The number of anilines is 1. The monoisotopic (exact) mass is 305 g/mol. The molecule has 5 nitrogen and oxygen atoms in total. The molecule has 0 aliphatic carbocycles. The first-order valence-corrected chi connectivity index (χ1v) is 7.89. The number of benzene rings is 1. The number of hydrogen-bond acceptors (Lipinski definition) is 4. The van der Waals surface area contributed by atoms with Crippen LogP contribution in [0.25, 0.3) is 0 Å². The zero-order chi connectivity index (χ0) is 16.0. The number of ether oxygens (including phenoxy) is 1. The summed E-state index contributed by atoms with van der Waals surface area (Å²) >= 11 is 0. The second kappa shape index (κ2) is 7.72. The lowest BCUT2D eigenvalue weighted by molar-refractivity contribution is -0.130. The van der Waals surface area contributed by atoms with Gasteiger partial charge in [0.2, 0.25) is 5.91 Å². The first-order valence-electron chi connectivity index (χ1n) is 7.89. The van der Waals surface area contributed by atoms with Crippen LogP contribution >= 0.6 is 0 Å². The number of nitrogens with one attached hydrogen (secondary N) is 1. The summed E-state index contributed by atoms with van der Waals surface area (Å²) in [6.07, 6.45) is 2.39. The molecule has 22 heavy (non-hydrogen) atoms. The van der Waals surface area contributed by atoms with Crippen molar-refractivity contribution in [3.63, 3.8) is 0 Å². The Morgan fingerprint density at radius 3 is 2.45 bits per heavy atom. The van der Waals surface area contributed by atoms with Gasteiger partial charge in [0.05, 0.1) is 5.41 Å². The Hall–Kier alpha value is -1.43. The average Bonchev–Trinajstić information content (AvgIpc) is 2.54. The van der Waals surface area contributed by atoms with E-state index in [1.54, 1.807) is 0 Å². The van der Waals surface area contributed by atoms with Gasteiger partial charge < -0.3 is 20.7 Å². The maximum atomic E-state index is 12.6. The van der Waals surface area contributed by atoms with E-state index in [0.29, 0.717) is 32.6 Å². The summed E-state index contributed by atoms with van der Waals surface area (Å²) in [5.41, 5.74) is 7.48. The molecule has 1 aliphatic rings. The second-order valence-corrected chi connectivity index (χ2v) is 6.30. The molecule has 0 radical (unpaired) electrons. The Labute approximate surface area is 132 Å². The van der Waals surface area contributed by atoms with Crippen LogP contribution in [-0.4, -0.2) is 51.2 Å². The van der Waals surface area contributed by atoms with E-state index in [2.05, 4.69) is 36.4 Å². The van der Waals surface area contributed by atoms with E-state index in [-0.39, 0.29) is 5.91 Å². The van der Waals surface area contributed by atoms with Crippen LogP contribution in [0.5, 0.6) is 0 Å². The van der Waals surface area contributed by atoms with Gasteiger partial charge in [-0.05, 0) is 51.1 Å². The maximum absolute atomic E-state index is 12.6. The van der Waals surface area contributed by atoms with Crippen molar-refractivity contribution in [3.8, 4) is 0 Å². The average molecular weight is 305 g/mol. The molecule has 122 valence electrons. The molecule has 3 N–H and O–H groups in total. The van der Waals surface area contributed by atoms with Crippen LogP contribution in [0.3, 0.4) is 0 Å². The third-order valence-electron chi connectivity index (χ3n) is 4.38. The summed E-state index contributed by atoms with van der Waals surface area (Å²) in [6, 6.07) is 8.06. The van der Waals surface area contributed by atoms with Crippen LogP contribution < -0.4 is 11.1 Å². The van der Waals surface area contributed by atoms with Crippen LogP contribution in [0.1, 0.15) is 18.4 Å². The Bertz CT molecular complexity index is 479. The van der Waals surface area contributed by atoms with Gasteiger partial charge in [-0.2, -0.15) is 0 Å². The van der Waals surface area contributed by atoms with Crippen molar-refractivity contribution in [1.29, 1.82) is 0 Å². The predicted molar refractivity (Wildman–Crippen MR) is 88.9 cm³/mol. The topological polar surface area (TPSA) is 67.6 Å². The smallest absolute Gasteiger partial charge is 0.232 e. The molecule has 1 aromatic carbocycles. The highest BCUT2D eigenvalue weighted by atomic mass is 16.5. The van der Waals surface area contributed by atoms with Gasteiger partial charge in [-0.1, -0.05) is 12.1 Å². The van der Waals surface area contributed by atoms with Crippen molar-refractivity contribution < 1.29 is 9.53 Å². The summed E-state index contributed by atoms with van der Waals surface area (Å²) < 4.78 is 5.35. The van der Waals surface area contributed by atoms with Crippen LogP contribution in [0.15, 0.2) is 24.3 Å². The summed E-state index contributed by atoms with van der Waals surface area (Å²) in [5.74, 6) is 0.0133. The number of nitrogens with zero attached hydrogens (tertiary/aromatic N) is 1. The summed E-state index contributed by atoms with van der Waals surface area (Å²) in [6.45, 7) is 2.59. The molecule has 1 aliphatic heterocycles. The van der Waals surface area contributed by atoms with Crippen molar-refractivity contribution in [2.75, 3.05) is 45.7 Å². The van der Waals surface area contributed by atoms with E-state index in [1.807, 2.05) is 12.1 Å². The number of rotatable bonds is 6. The van der Waals surface area contributed by atoms with Crippen LogP contribution in [0.2, 0.25) is 0 Å². The van der Waals surface area contributed by atoms with Crippen molar-refractivity contribution in [2.24, 2.45) is 11.1 Å². The molecule has 1 amide bonds. The number of likely N-dealkylation sites (N-methyl/N-ethyl adjacent to an activating group) is 1. The Morgan fingerprint density at radius 1 is 1.27 bits per heavy atom. The van der Waals surface area contributed by atoms with E-state index >= 15 is 0 Å². The fourth-order valence-corrected chi connectivity index (χ4v) is 2.66. The lowest BCUT2D eigenvalue weighted by Crippen LogP contribution is -2.46. The van der Waals surface area contributed by atoms with Gasteiger partial charge in [-0.3, -0.25) is 4.79 Å². The minimum Gasteiger partial charge on any atom is -0.381 e. The Morgan fingerprint density at radius 2 is 1.91 bits per heavy atom. The van der Waals surface area contributed by atoms with Gasteiger partial charge in [-0.25, -0.2) is 0 Å². The Balaban J connectivity index is 1.96. The number of carbonyl (C=O) groups is 1. The van der Waals surface area contributed by atoms with Crippen LogP contribution in [0.4, 0.5) is 5.69 Å². The summed E-state index contributed by atoms with van der Waals surface area (Å²) in [5, 5.41) is 3.01. The number of nitrogens with two attached hydrogens (primary N) is 1. The number of hydrogen-bond donors (Lipinski definition) is 2. The van der Waals surface area contributed by atoms with Crippen molar-refractivity contribution >= 4 is 11.6 Å². The van der Waals surface area contributed by atoms with E-state index in [0.717, 1.165) is 18.7 Å². The van der Waals surface area contributed by atoms with Crippen molar-refractivity contribution in [1.82, 2.24) is 4.90 Å². The third kappa shape index (κ3) is 4.29. The second-order valence-electron chi connectivity index (χ2n) is 6.30. The molecule has 0 bridgehead atoms. The largest absolute Gasteiger partial charge is 0.381 e. The fraction of sp³-hybridized carbons (Fsp3) is 0.588. The minimum absolute atomic E-state index is 0.0133. The highest BCUT2D eigenvalue weighted by molar-refractivity contribution is 5.95.